The van der Waals surface area contributed by atoms with Gasteiger partial charge in [0.15, 0.2) is 11.5 Å². The number of hydrogen-bond donors (Lipinski definition) is 0. The van der Waals surface area contributed by atoms with Crippen LogP contribution in [0, 0.1) is 0 Å². The lowest BCUT2D eigenvalue weighted by Gasteiger charge is -2.32. The van der Waals surface area contributed by atoms with E-state index in [0.29, 0.717) is 17.2 Å². The molecule has 4 rings (SSSR count). The molecule has 2 aliphatic rings. The summed E-state index contributed by atoms with van der Waals surface area (Å²) in [5.74, 6) is 0.898. The van der Waals surface area contributed by atoms with Crippen LogP contribution in [0.1, 0.15) is 63.2 Å². The van der Waals surface area contributed by atoms with Gasteiger partial charge in [0.1, 0.15) is 23.2 Å². The maximum absolute atomic E-state index is 13.0. The van der Waals surface area contributed by atoms with Crippen LogP contribution < -0.4 is 23.8 Å². The molecule has 1 unspecified atom stereocenters. The molecule has 2 aromatic carbocycles. The highest BCUT2D eigenvalue weighted by Gasteiger charge is 2.41. The van der Waals surface area contributed by atoms with Gasteiger partial charge in [0.2, 0.25) is 5.84 Å². The first-order valence-electron chi connectivity index (χ1n) is 13.9. The molecule has 1 atom stereocenters. The Kier molecular flexibility index (Phi) is 9.20. The lowest BCUT2D eigenvalue weighted by Crippen LogP contribution is -2.59. The molecule has 1 aliphatic carbocycles. The van der Waals surface area contributed by atoms with Crippen LogP contribution in [0.4, 0.5) is 15.3 Å². The number of carbonyl (C=O) groups is 3. The Morgan fingerprint density at radius 2 is 1.74 bits per heavy atom. The Morgan fingerprint density at radius 1 is 1.05 bits per heavy atom. The third-order valence-corrected chi connectivity index (χ3v) is 7.03. The Balaban J connectivity index is 1.46. The van der Waals surface area contributed by atoms with E-state index in [4.69, 9.17) is 18.9 Å². The number of benzene rings is 2. The van der Waals surface area contributed by atoms with Crippen molar-refractivity contribution in [2.45, 2.75) is 64.6 Å². The van der Waals surface area contributed by atoms with Gasteiger partial charge in [0, 0.05) is 25.7 Å². The van der Waals surface area contributed by atoms with Crippen molar-refractivity contribution in [1.29, 1.82) is 0 Å². The summed E-state index contributed by atoms with van der Waals surface area (Å²) < 4.78 is 21.6. The van der Waals surface area contributed by atoms with E-state index in [1.165, 1.54) is 41.6 Å². The van der Waals surface area contributed by atoms with Gasteiger partial charge in [-0.3, -0.25) is 0 Å². The maximum atomic E-state index is 13.0. The summed E-state index contributed by atoms with van der Waals surface area (Å²) >= 11 is 0. The molecule has 0 saturated heterocycles. The molecule has 11 nitrogen and oxygen atoms in total. The van der Waals surface area contributed by atoms with Gasteiger partial charge in [-0.25, -0.2) is 14.6 Å². The van der Waals surface area contributed by atoms with E-state index in [1.807, 2.05) is 0 Å². The summed E-state index contributed by atoms with van der Waals surface area (Å²) in [6.45, 7) is 5.47. The molecule has 1 saturated carbocycles. The Bertz CT molecular complexity index is 1370. The summed E-state index contributed by atoms with van der Waals surface area (Å²) in [4.78, 5) is 43.4. The van der Waals surface area contributed by atoms with Gasteiger partial charge < -0.3 is 33.7 Å². The first-order chi connectivity index (χ1) is 19.9. The largest absolute Gasteiger partial charge is 0.497 e. The predicted octanol–water partition coefficient (Wildman–Crippen LogP) is 5.03. The summed E-state index contributed by atoms with van der Waals surface area (Å²) in [5.41, 5.74) is -0.0526. The van der Waals surface area contributed by atoms with Crippen LogP contribution in [0.5, 0.6) is 17.2 Å². The average Bonchev–Trinajstić information content (AvgIpc) is 3.61. The SMILES string of the molecule is COc1ccc(C(=O)Oc2ccc([N+]3(C(=O)[O-])C=CN=C3CCN(C)C(=O)OC(C)(C)C)cc2)cc1OC1CCCC1. The number of amides is 2. The molecule has 0 bridgehead atoms. The Morgan fingerprint density at radius 3 is 2.36 bits per heavy atom. The van der Waals surface area contributed by atoms with Crippen molar-refractivity contribution < 1.29 is 38.4 Å². The number of amidine groups is 1. The van der Waals surface area contributed by atoms with Crippen LogP contribution in [0.25, 0.3) is 0 Å². The van der Waals surface area contributed by atoms with Gasteiger partial charge >= 0.3 is 12.1 Å². The zero-order valence-corrected chi connectivity index (χ0v) is 24.6. The van der Waals surface area contributed by atoms with Crippen molar-refractivity contribution in [3.05, 3.63) is 60.4 Å². The van der Waals surface area contributed by atoms with Crippen molar-refractivity contribution in [1.82, 2.24) is 9.38 Å². The number of nitrogens with zero attached hydrogens (tertiary/aromatic N) is 3. The number of ether oxygens (including phenoxy) is 4. The fourth-order valence-corrected chi connectivity index (χ4v) is 4.84. The van der Waals surface area contributed by atoms with E-state index in [0.717, 1.165) is 25.7 Å². The zero-order valence-electron chi connectivity index (χ0n) is 24.6. The molecule has 1 fully saturated rings. The number of quaternary nitrogens is 1. The van der Waals surface area contributed by atoms with Crippen molar-refractivity contribution in [3.8, 4) is 17.2 Å². The smallest absolute Gasteiger partial charge is 0.410 e. The first kappa shape index (κ1) is 30.6. The van der Waals surface area contributed by atoms with Gasteiger partial charge in [-0.2, -0.15) is 4.48 Å². The van der Waals surface area contributed by atoms with E-state index in [1.54, 1.807) is 53.1 Å². The molecule has 2 amide bonds. The third-order valence-electron chi connectivity index (χ3n) is 7.03. The molecule has 2 aromatic rings. The molecular formula is C31H37N3O8. The number of hydrogen-bond acceptors (Lipinski definition) is 9. The maximum Gasteiger partial charge on any atom is 0.410 e. The Hall–Kier alpha value is -4.38. The fourth-order valence-electron chi connectivity index (χ4n) is 4.84. The minimum atomic E-state index is -1.42. The highest BCUT2D eigenvalue weighted by molar-refractivity contribution is 6.10. The van der Waals surface area contributed by atoms with E-state index in [2.05, 4.69) is 4.99 Å². The van der Waals surface area contributed by atoms with Crippen molar-refractivity contribution in [3.63, 3.8) is 0 Å². The predicted molar refractivity (Wildman–Crippen MR) is 155 cm³/mol. The average molecular weight is 580 g/mol. The van der Waals surface area contributed by atoms with Gasteiger partial charge in [-0.05, 0) is 76.8 Å². The number of rotatable bonds is 9. The summed E-state index contributed by atoms with van der Waals surface area (Å²) in [6.07, 6.45) is 5.20. The van der Waals surface area contributed by atoms with E-state index in [9.17, 15) is 19.5 Å². The summed E-state index contributed by atoms with van der Waals surface area (Å²) in [5, 5.41) is 12.5. The number of esters is 1. The van der Waals surface area contributed by atoms with Crippen LogP contribution in [0.15, 0.2) is 59.9 Å². The van der Waals surface area contributed by atoms with Crippen molar-refractivity contribution >= 4 is 29.7 Å². The van der Waals surface area contributed by atoms with Crippen LogP contribution in [-0.2, 0) is 4.74 Å². The highest BCUT2D eigenvalue weighted by Crippen LogP contribution is 2.34. The number of carboxylic acid groups (broad SMARTS) is 1. The van der Waals surface area contributed by atoms with Gasteiger partial charge in [0.05, 0.1) is 31.4 Å². The Labute approximate surface area is 245 Å². The molecule has 224 valence electrons. The monoisotopic (exact) mass is 579 g/mol. The summed E-state index contributed by atoms with van der Waals surface area (Å²) in [7, 11) is 3.11. The normalized spacial score (nSPS) is 18.4. The minimum absolute atomic E-state index is 0.0858. The number of carbonyl (C=O) groups excluding carboxylic acids is 3. The van der Waals surface area contributed by atoms with E-state index >= 15 is 0 Å². The number of methoxy groups -OCH3 is 1. The van der Waals surface area contributed by atoms with Crippen LogP contribution in [0.2, 0.25) is 0 Å². The molecule has 0 aromatic heterocycles. The minimum Gasteiger partial charge on any atom is -0.497 e. The fraction of sp³-hybridized carbons (Fsp3) is 0.419. The van der Waals surface area contributed by atoms with E-state index < -0.39 is 28.2 Å². The van der Waals surface area contributed by atoms with Crippen molar-refractivity contribution in [2.24, 2.45) is 4.99 Å². The van der Waals surface area contributed by atoms with E-state index in [-0.39, 0.29) is 36.2 Å². The van der Waals surface area contributed by atoms with Crippen molar-refractivity contribution in [2.75, 3.05) is 20.7 Å². The highest BCUT2D eigenvalue weighted by atomic mass is 16.6. The summed E-state index contributed by atoms with van der Waals surface area (Å²) in [6, 6.07) is 10.9. The molecule has 0 radical (unpaired) electrons. The van der Waals surface area contributed by atoms with Gasteiger partial charge in [-0.15, -0.1) is 0 Å². The van der Waals surface area contributed by atoms with Crippen LogP contribution >= 0.6 is 0 Å². The topological polar surface area (TPSA) is 127 Å². The van der Waals surface area contributed by atoms with Gasteiger partial charge in [0.25, 0.3) is 6.09 Å². The first-order valence-corrected chi connectivity index (χ1v) is 13.9. The zero-order chi connectivity index (χ0) is 30.5. The lowest BCUT2D eigenvalue weighted by molar-refractivity contribution is -0.257. The lowest BCUT2D eigenvalue weighted by atomic mass is 10.2. The molecule has 0 N–H and O–H groups in total. The van der Waals surface area contributed by atoms with Crippen LogP contribution in [0.3, 0.4) is 0 Å². The quantitative estimate of drug-likeness (QED) is 0.230. The third kappa shape index (κ3) is 6.91. The second-order valence-electron chi connectivity index (χ2n) is 11.3. The molecular weight excluding hydrogens is 542 g/mol. The van der Waals surface area contributed by atoms with Crippen LogP contribution in [-0.4, -0.2) is 61.3 Å². The van der Waals surface area contributed by atoms with Gasteiger partial charge in [-0.1, -0.05) is 0 Å². The second kappa shape index (κ2) is 12.6. The standard InChI is InChI=1S/C31H37N3O8/c1-31(2,3)42-29(36)33(4)18-16-27-32-17-19-34(27,30(37)38)22-11-13-24(14-12-22)41-28(35)21-10-15-25(39-5)26(20-21)40-23-8-6-7-9-23/h10-15,17,19-20,23H,6-9,16,18H2,1-5H3. The molecule has 0 spiro atoms. The molecule has 11 heteroatoms. The molecule has 1 heterocycles. The molecule has 1 aliphatic heterocycles. The second-order valence-corrected chi connectivity index (χ2v) is 11.3. The number of aliphatic imine (C=N–C) groups is 1. The molecule has 42 heavy (non-hydrogen) atoms.